The molecule has 0 amide bonds. The molecule has 116 valence electrons. The summed E-state index contributed by atoms with van der Waals surface area (Å²) < 4.78 is 26.8. The Labute approximate surface area is 130 Å². The summed E-state index contributed by atoms with van der Waals surface area (Å²) in [5.41, 5.74) is -0.967. The van der Waals surface area contributed by atoms with Gasteiger partial charge in [-0.2, -0.15) is 0 Å². The molecule has 0 radical (unpaired) electrons. The van der Waals surface area contributed by atoms with Gasteiger partial charge in [-0.1, -0.05) is 43.6 Å². The second kappa shape index (κ2) is 5.06. The number of carbonyl (C=O) groups excluding carboxylic acids is 1. The van der Waals surface area contributed by atoms with Gasteiger partial charge in [0.15, 0.2) is 5.78 Å². The van der Waals surface area contributed by atoms with Crippen LogP contribution < -0.4 is 0 Å². The fourth-order valence-corrected chi connectivity index (χ4v) is 7.78. The van der Waals surface area contributed by atoms with E-state index in [1.54, 1.807) is 0 Å². The van der Waals surface area contributed by atoms with Crippen molar-refractivity contribution in [3.63, 3.8) is 0 Å². The maximum absolute atomic E-state index is 12.6. The van der Waals surface area contributed by atoms with E-state index in [1.165, 1.54) is 4.31 Å². The summed E-state index contributed by atoms with van der Waals surface area (Å²) in [4.78, 5) is 12.3. The number of fused-ring (bicyclic) bond motifs is 2. The molecule has 2 aliphatic rings. The van der Waals surface area contributed by atoms with E-state index in [0.717, 1.165) is 12.8 Å². The van der Waals surface area contributed by atoms with Gasteiger partial charge >= 0.3 is 0 Å². The molecule has 0 aromatic carbocycles. The van der Waals surface area contributed by atoms with Crippen molar-refractivity contribution in [1.82, 2.24) is 4.31 Å². The molecule has 0 aliphatic heterocycles. The first kappa shape index (κ1) is 16.4. The first-order valence-corrected chi connectivity index (χ1v) is 9.82. The Bertz CT molecular complexity index is 517. The highest BCUT2D eigenvalue weighted by Crippen LogP contribution is 2.65. The second-order valence-corrected chi connectivity index (χ2v) is 9.46. The molecule has 2 rings (SSSR count). The summed E-state index contributed by atoms with van der Waals surface area (Å²) >= 11 is 3.49. The number of halogens is 1. The average molecular weight is 366 g/mol. The molecule has 4 atom stereocenters. The van der Waals surface area contributed by atoms with Crippen LogP contribution in [0.1, 0.15) is 40.5 Å². The highest BCUT2D eigenvalue weighted by Gasteiger charge is 2.68. The van der Waals surface area contributed by atoms with E-state index in [-0.39, 0.29) is 22.3 Å². The van der Waals surface area contributed by atoms with Crippen LogP contribution in [0.2, 0.25) is 0 Å². The zero-order valence-corrected chi connectivity index (χ0v) is 15.1. The van der Waals surface area contributed by atoms with Crippen LogP contribution in [-0.2, 0) is 14.8 Å². The molecule has 0 aromatic rings. The molecule has 2 saturated carbocycles. The average Bonchev–Trinajstić information content (AvgIpc) is 2.66. The smallest absolute Gasteiger partial charge is 0.214 e. The van der Waals surface area contributed by atoms with E-state index in [0.29, 0.717) is 13.1 Å². The quantitative estimate of drug-likeness (QED) is 0.703. The van der Waals surface area contributed by atoms with Gasteiger partial charge in [0.05, 0.1) is 10.6 Å². The number of carbonyl (C=O) groups is 1. The van der Waals surface area contributed by atoms with Crippen molar-refractivity contribution in [1.29, 1.82) is 0 Å². The second-order valence-electron chi connectivity index (χ2n) is 6.50. The van der Waals surface area contributed by atoms with Crippen LogP contribution in [-0.4, -0.2) is 42.2 Å². The Hall–Kier alpha value is 0.0600. The van der Waals surface area contributed by atoms with Crippen molar-refractivity contribution in [2.75, 3.05) is 18.8 Å². The van der Waals surface area contributed by atoms with Crippen molar-refractivity contribution in [3.8, 4) is 0 Å². The lowest BCUT2D eigenvalue weighted by Crippen LogP contribution is -2.45. The van der Waals surface area contributed by atoms with Crippen LogP contribution >= 0.6 is 15.9 Å². The zero-order chi connectivity index (χ0) is 15.3. The minimum absolute atomic E-state index is 0.0800. The Morgan fingerprint density at radius 3 is 2.25 bits per heavy atom. The zero-order valence-electron chi connectivity index (χ0n) is 12.6. The Morgan fingerprint density at radius 2 is 1.85 bits per heavy atom. The summed E-state index contributed by atoms with van der Waals surface area (Å²) in [6.07, 6.45) is 1.74. The predicted molar refractivity (Wildman–Crippen MR) is 83.4 cm³/mol. The highest BCUT2D eigenvalue weighted by molar-refractivity contribution is 9.10. The number of Topliss-reactive ketones (excluding diaryl/α,β-unsaturated/α-hetero) is 1. The number of ketones is 1. The van der Waals surface area contributed by atoms with Crippen molar-refractivity contribution in [2.45, 2.75) is 45.4 Å². The summed E-state index contributed by atoms with van der Waals surface area (Å²) in [5.74, 6) is 0.396. The summed E-state index contributed by atoms with van der Waals surface area (Å²) in [6, 6.07) is 0. The topological polar surface area (TPSA) is 54.5 Å². The van der Waals surface area contributed by atoms with Gasteiger partial charge in [0.2, 0.25) is 10.0 Å². The standard InChI is InChI=1S/C14H24BrNO3S/c1-5-16(6-2)20(18,19)9-14(4)10-7-8-13(14,3)12(17)11(10)15/h10-11H,5-9H2,1-4H3/t10-,11-,13-,14+/m0/s1. The molecular formula is C14H24BrNO3S. The van der Waals surface area contributed by atoms with Crippen LogP contribution in [0.3, 0.4) is 0 Å². The van der Waals surface area contributed by atoms with Gasteiger partial charge in [-0.3, -0.25) is 4.79 Å². The van der Waals surface area contributed by atoms with Gasteiger partial charge in [-0.15, -0.1) is 0 Å². The number of hydrogen-bond acceptors (Lipinski definition) is 3. The maximum atomic E-state index is 12.6. The Kier molecular flexibility index (Phi) is 4.15. The van der Waals surface area contributed by atoms with E-state index < -0.39 is 20.9 Å². The molecule has 2 aliphatic carbocycles. The van der Waals surface area contributed by atoms with E-state index in [9.17, 15) is 13.2 Å². The third-order valence-electron chi connectivity index (χ3n) is 5.76. The molecule has 2 bridgehead atoms. The molecule has 0 saturated heterocycles. The molecule has 0 heterocycles. The summed E-state index contributed by atoms with van der Waals surface area (Å²) in [7, 11) is -3.31. The fraction of sp³-hybridized carbons (Fsp3) is 0.929. The first-order valence-electron chi connectivity index (χ1n) is 7.30. The molecule has 4 nitrogen and oxygen atoms in total. The van der Waals surface area contributed by atoms with E-state index in [4.69, 9.17) is 0 Å². The SMILES string of the molecule is CCN(CC)S(=O)(=O)C[C@]1(C)[C@H]2CC[C@@]1(C)C(=O)[C@H]2Br. The van der Waals surface area contributed by atoms with Gasteiger partial charge in [-0.25, -0.2) is 12.7 Å². The lowest BCUT2D eigenvalue weighted by Gasteiger charge is -2.37. The number of alkyl halides is 1. The maximum Gasteiger partial charge on any atom is 0.214 e. The normalized spacial score (nSPS) is 40.8. The third-order valence-corrected chi connectivity index (χ3v) is 9.08. The number of hydrogen-bond donors (Lipinski definition) is 0. The highest BCUT2D eigenvalue weighted by atomic mass is 79.9. The predicted octanol–water partition coefficient (Wildman–Crippen LogP) is 2.43. The van der Waals surface area contributed by atoms with E-state index in [1.807, 2.05) is 27.7 Å². The molecule has 2 fully saturated rings. The first-order chi connectivity index (χ1) is 9.14. The third kappa shape index (κ3) is 2.02. The molecule has 0 unspecified atom stereocenters. The van der Waals surface area contributed by atoms with Gasteiger partial charge in [-0.05, 0) is 24.2 Å². The molecule has 0 N–H and O–H groups in total. The number of sulfonamides is 1. The van der Waals surface area contributed by atoms with Gasteiger partial charge in [0.1, 0.15) is 0 Å². The van der Waals surface area contributed by atoms with Crippen molar-refractivity contribution in [3.05, 3.63) is 0 Å². The Balaban J connectivity index is 2.36. The van der Waals surface area contributed by atoms with Crippen molar-refractivity contribution < 1.29 is 13.2 Å². The van der Waals surface area contributed by atoms with Gasteiger partial charge in [0.25, 0.3) is 0 Å². The van der Waals surface area contributed by atoms with Crippen LogP contribution in [0, 0.1) is 16.7 Å². The molecular weight excluding hydrogens is 342 g/mol. The minimum atomic E-state index is -3.31. The lowest BCUT2D eigenvalue weighted by atomic mass is 9.70. The van der Waals surface area contributed by atoms with Crippen molar-refractivity contribution >= 4 is 31.7 Å². The largest absolute Gasteiger partial charge is 0.298 e. The number of rotatable bonds is 5. The Morgan fingerprint density at radius 1 is 1.30 bits per heavy atom. The lowest BCUT2D eigenvalue weighted by molar-refractivity contribution is -0.127. The molecule has 6 heteroatoms. The molecule has 20 heavy (non-hydrogen) atoms. The van der Waals surface area contributed by atoms with E-state index in [2.05, 4.69) is 15.9 Å². The summed E-state index contributed by atoms with van der Waals surface area (Å²) in [6.45, 7) is 8.63. The van der Waals surface area contributed by atoms with E-state index >= 15 is 0 Å². The van der Waals surface area contributed by atoms with Crippen LogP contribution in [0.15, 0.2) is 0 Å². The molecule has 0 spiro atoms. The van der Waals surface area contributed by atoms with Gasteiger partial charge < -0.3 is 0 Å². The number of nitrogens with zero attached hydrogens (tertiary/aromatic N) is 1. The molecule has 0 aromatic heterocycles. The van der Waals surface area contributed by atoms with Crippen LogP contribution in [0.5, 0.6) is 0 Å². The van der Waals surface area contributed by atoms with Gasteiger partial charge in [0, 0.05) is 18.5 Å². The monoisotopic (exact) mass is 365 g/mol. The van der Waals surface area contributed by atoms with Crippen molar-refractivity contribution in [2.24, 2.45) is 16.7 Å². The minimum Gasteiger partial charge on any atom is -0.298 e. The van der Waals surface area contributed by atoms with Crippen LogP contribution in [0.25, 0.3) is 0 Å². The fourth-order valence-electron chi connectivity index (χ4n) is 4.17. The van der Waals surface area contributed by atoms with Crippen LogP contribution in [0.4, 0.5) is 0 Å². The summed E-state index contributed by atoms with van der Waals surface area (Å²) in [5, 5.41) is 0.